The predicted molar refractivity (Wildman–Crippen MR) is 95.6 cm³/mol. The van der Waals surface area contributed by atoms with Crippen molar-refractivity contribution < 1.29 is 37.6 Å². The third kappa shape index (κ3) is 11.7. The van der Waals surface area contributed by atoms with E-state index >= 15 is 0 Å². The van der Waals surface area contributed by atoms with Gasteiger partial charge >= 0.3 is 0 Å². The van der Waals surface area contributed by atoms with Gasteiger partial charge in [-0.2, -0.15) is 8.42 Å². The van der Waals surface area contributed by atoms with Gasteiger partial charge in [-0.3, -0.25) is 19.5 Å². The monoisotopic (exact) mass is 409 g/mol. The molecule has 1 heterocycles. The van der Waals surface area contributed by atoms with E-state index in [1.807, 2.05) is 0 Å². The van der Waals surface area contributed by atoms with Gasteiger partial charge in [0.25, 0.3) is 21.7 Å². The fourth-order valence-corrected chi connectivity index (χ4v) is 1.67. The van der Waals surface area contributed by atoms with E-state index in [-0.39, 0.29) is 5.56 Å². The standard InChI is InChI=1S/C9H10N2O5.C4H9NO.CH4O3S/c1-2-10-9(14)5-3-7(12)8(13)4-6(5)11(15)16;1-3-6-4-2-5-1;1-5(2,3)4/h3-4,12-13H,2H2,1H3,(H,10,14);5H,1-4H2;1H3,(H,2,3,4). The number of aromatic hydroxyl groups is 2. The molecule has 154 valence electrons. The first kappa shape index (κ1) is 24.5. The van der Waals surface area contributed by atoms with E-state index < -0.39 is 38.1 Å². The molecule has 13 heteroatoms. The highest BCUT2D eigenvalue weighted by Crippen LogP contribution is 2.32. The van der Waals surface area contributed by atoms with E-state index in [2.05, 4.69) is 10.6 Å². The molecule has 0 aromatic heterocycles. The van der Waals surface area contributed by atoms with Crippen LogP contribution in [-0.2, 0) is 14.9 Å². The van der Waals surface area contributed by atoms with Crippen LogP contribution in [0.3, 0.4) is 0 Å². The maximum absolute atomic E-state index is 11.4. The summed E-state index contributed by atoms with van der Waals surface area (Å²) in [4.78, 5) is 21.3. The number of hydrogen-bond acceptors (Lipinski definition) is 9. The Labute approximate surface area is 156 Å². The van der Waals surface area contributed by atoms with Gasteiger partial charge in [0.15, 0.2) is 11.5 Å². The molecule has 0 saturated carbocycles. The summed E-state index contributed by atoms with van der Waals surface area (Å²) in [5, 5.41) is 34.4. The zero-order valence-corrected chi connectivity index (χ0v) is 15.7. The van der Waals surface area contributed by atoms with Crippen molar-refractivity contribution in [3.8, 4) is 11.5 Å². The number of phenolic OH excluding ortho intramolecular Hbond substituents is 2. The molecule has 0 atom stereocenters. The fourth-order valence-electron chi connectivity index (χ4n) is 1.67. The lowest BCUT2D eigenvalue weighted by molar-refractivity contribution is -0.385. The van der Waals surface area contributed by atoms with Crippen LogP contribution in [0.5, 0.6) is 11.5 Å². The minimum Gasteiger partial charge on any atom is -0.504 e. The first-order chi connectivity index (χ1) is 12.5. The summed E-state index contributed by atoms with van der Waals surface area (Å²) in [5.41, 5.74) is -0.844. The van der Waals surface area contributed by atoms with Crippen LogP contribution < -0.4 is 10.6 Å². The van der Waals surface area contributed by atoms with Gasteiger partial charge in [-0.1, -0.05) is 0 Å². The van der Waals surface area contributed by atoms with Crippen LogP contribution in [0.1, 0.15) is 17.3 Å². The number of morpholine rings is 1. The Morgan fingerprint density at radius 2 is 1.78 bits per heavy atom. The molecule has 27 heavy (non-hydrogen) atoms. The van der Waals surface area contributed by atoms with Gasteiger partial charge < -0.3 is 25.6 Å². The highest BCUT2D eigenvalue weighted by atomic mass is 32.2. The molecule has 0 unspecified atom stereocenters. The maximum Gasteiger partial charge on any atom is 0.286 e. The molecule has 2 rings (SSSR count). The van der Waals surface area contributed by atoms with Crippen molar-refractivity contribution in [3.05, 3.63) is 27.8 Å². The average molecular weight is 409 g/mol. The van der Waals surface area contributed by atoms with E-state index in [0.29, 0.717) is 12.8 Å². The van der Waals surface area contributed by atoms with Crippen LogP contribution >= 0.6 is 0 Å². The lowest BCUT2D eigenvalue weighted by atomic mass is 10.1. The normalized spacial score (nSPS) is 13.3. The van der Waals surface area contributed by atoms with Crippen LogP contribution in [0.4, 0.5) is 5.69 Å². The summed E-state index contributed by atoms with van der Waals surface area (Å²) in [5.74, 6) is -1.89. The number of nitrogens with zero attached hydrogens (tertiary/aromatic N) is 1. The number of nitro groups is 1. The summed E-state index contributed by atoms with van der Waals surface area (Å²) < 4.78 is 30.9. The SMILES string of the molecule is C1COCCN1.CCNC(=O)c1cc(O)c(O)cc1[N+](=O)[O-].CS(=O)(=O)O. The van der Waals surface area contributed by atoms with E-state index in [4.69, 9.17) is 14.4 Å². The summed E-state index contributed by atoms with van der Waals surface area (Å²) >= 11 is 0. The van der Waals surface area contributed by atoms with Crippen molar-refractivity contribution in [2.24, 2.45) is 0 Å². The third-order valence-electron chi connectivity index (χ3n) is 2.72. The number of nitrogens with one attached hydrogen (secondary N) is 2. The molecule has 1 aliphatic rings. The number of amides is 1. The zero-order chi connectivity index (χ0) is 21.0. The number of ether oxygens (including phenoxy) is 1. The van der Waals surface area contributed by atoms with Gasteiger partial charge in [-0.05, 0) is 6.92 Å². The van der Waals surface area contributed by atoms with Crippen molar-refractivity contribution in [3.63, 3.8) is 0 Å². The Kier molecular flexibility index (Phi) is 10.9. The largest absolute Gasteiger partial charge is 0.504 e. The van der Waals surface area contributed by atoms with Gasteiger partial charge in [0.05, 0.1) is 30.5 Å². The fraction of sp³-hybridized carbons (Fsp3) is 0.500. The molecule has 0 spiro atoms. The number of carbonyl (C=O) groups is 1. The topological polar surface area (TPSA) is 188 Å². The Morgan fingerprint density at radius 3 is 2.11 bits per heavy atom. The summed E-state index contributed by atoms with van der Waals surface area (Å²) in [7, 11) is -3.67. The number of hydrogen-bond donors (Lipinski definition) is 5. The molecular weight excluding hydrogens is 386 g/mol. The molecule has 5 N–H and O–H groups in total. The molecule has 1 fully saturated rings. The first-order valence-corrected chi connectivity index (χ1v) is 9.51. The molecule has 0 bridgehead atoms. The highest BCUT2D eigenvalue weighted by molar-refractivity contribution is 7.85. The van der Waals surface area contributed by atoms with Gasteiger partial charge in [-0.25, -0.2) is 0 Å². The Balaban J connectivity index is 0.000000500. The molecule has 12 nitrogen and oxygen atoms in total. The highest BCUT2D eigenvalue weighted by Gasteiger charge is 2.22. The van der Waals surface area contributed by atoms with Crippen LogP contribution in [0.15, 0.2) is 12.1 Å². The Hall–Kier alpha value is -2.48. The van der Waals surface area contributed by atoms with Gasteiger partial charge in [0.1, 0.15) is 5.56 Å². The molecule has 0 radical (unpaired) electrons. The molecular formula is C14H23N3O9S. The van der Waals surface area contributed by atoms with E-state index in [0.717, 1.165) is 38.4 Å². The van der Waals surface area contributed by atoms with E-state index in [1.165, 1.54) is 0 Å². The summed E-state index contributed by atoms with van der Waals surface area (Å²) in [6.07, 6.45) is 0.715. The quantitative estimate of drug-likeness (QED) is 0.194. The van der Waals surface area contributed by atoms with E-state index in [1.54, 1.807) is 6.92 Å². The second-order valence-corrected chi connectivity index (χ2v) is 6.54. The maximum atomic E-state index is 11.4. The van der Waals surface area contributed by atoms with Crippen LogP contribution in [0.25, 0.3) is 0 Å². The third-order valence-corrected chi connectivity index (χ3v) is 2.72. The number of benzene rings is 1. The van der Waals surface area contributed by atoms with Gasteiger partial charge in [0, 0.05) is 25.7 Å². The Morgan fingerprint density at radius 1 is 1.30 bits per heavy atom. The van der Waals surface area contributed by atoms with Gasteiger partial charge in [0.2, 0.25) is 0 Å². The number of carbonyl (C=O) groups excluding carboxylic acids is 1. The first-order valence-electron chi connectivity index (χ1n) is 7.66. The van der Waals surface area contributed by atoms with Crippen molar-refractivity contribution >= 4 is 21.7 Å². The smallest absolute Gasteiger partial charge is 0.286 e. The van der Waals surface area contributed by atoms with Gasteiger partial charge in [-0.15, -0.1) is 0 Å². The minimum absolute atomic E-state index is 0.290. The number of rotatable bonds is 3. The summed E-state index contributed by atoms with van der Waals surface area (Å²) in [6.45, 7) is 5.79. The number of phenols is 2. The lowest BCUT2D eigenvalue weighted by Gasteiger charge is -2.10. The molecule has 1 aliphatic heterocycles. The molecule has 1 amide bonds. The lowest BCUT2D eigenvalue weighted by Crippen LogP contribution is -2.30. The zero-order valence-electron chi connectivity index (χ0n) is 14.8. The predicted octanol–water partition coefficient (Wildman–Crippen LogP) is -0.134. The Bertz CT molecular complexity index is 714. The minimum atomic E-state index is -3.67. The molecule has 0 aliphatic carbocycles. The second kappa shape index (κ2) is 12.0. The average Bonchev–Trinajstić information content (AvgIpc) is 2.57. The molecule has 1 aromatic carbocycles. The van der Waals surface area contributed by atoms with E-state index in [9.17, 15) is 28.4 Å². The summed E-state index contributed by atoms with van der Waals surface area (Å²) in [6, 6.07) is 1.60. The molecule has 1 saturated heterocycles. The number of nitro benzene ring substituents is 1. The van der Waals surface area contributed by atoms with Crippen molar-refractivity contribution in [2.75, 3.05) is 39.1 Å². The van der Waals surface area contributed by atoms with Crippen LogP contribution in [-0.4, -0.2) is 73.1 Å². The van der Waals surface area contributed by atoms with Crippen molar-refractivity contribution in [2.45, 2.75) is 6.92 Å². The van der Waals surface area contributed by atoms with Crippen LogP contribution in [0.2, 0.25) is 0 Å². The molecule has 1 aromatic rings. The van der Waals surface area contributed by atoms with Crippen molar-refractivity contribution in [1.29, 1.82) is 0 Å². The van der Waals surface area contributed by atoms with Crippen LogP contribution in [0, 0.1) is 10.1 Å². The van der Waals surface area contributed by atoms with Crippen molar-refractivity contribution in [1.82, 2.24) is 10.6 Å². The second-order valence-electron chi connectivity index (χ2n) is 5.07.